The third-order valence-corrected chi connectivity index (χ3v) is 3.38. The molecule has 2 unspecified atom stereocenters. The van der Waals surface area contributed by atoms with Crippen LogP contribution in [0.25, 0.3) is 0 Å². The lowest BCUT2D eigenvalue weighted by Crippen LogP contribution is -2.74. The first-order valence-corrected chi connectivity index (χ1v) is 5.64. The summed E-state index contributed by atoms with van der Waals surface area (Å²) in [6.07, 6.45) is 1.92. The van der Waals surface area contributed by atoms with E-state index in [0.29, 0.717) is 0 Å². The molecular weight excluding hydrogens is 176 g/mol. The summed E-state index contributed by atoms with van der Waals surface area (Å²) in [4.78, 5) is 0. The molecule has 0 aliphatic carbocycles. The molecule has 84 valence electrons. The topological polar surface area (TPSA) is 76.1 Å². The SMILES string of the molecule is CCC(N)C1(C(N)CC)CNCCN1. The van der Waals surface area contributed by atoms with E-state index in [0.717, 1.165) is 32.5 Å². The maximum Gasteiger partial charge on any atom is 0.0612 e. The molecule has 0 aromatic rings. The second-order valence-electron chi connectivity index (χ2n) is 4.17. The lowest BCUT2D eigenvalue weighted by atomic mass is 9.79. The molecular formula is C10H24N4. The van der Waals surface area contributed by atoms with Crippen molar-refractivity contribution in [2.75, 3.05) is 19.6 Å². The van der Waals surface area contributed by atoms with E-state index >= 15 is 0 Å². The number of nitrogens with two attached hydrogens (primary N) is 2. The quantitative estimate of drug-likeness (QED) is 0.488. The predicted molar refractivity (Wildman–Crippen MR) is 60.1 cm³/mol. The first-order valence-electron chi connectivity index (χ1n) is 5.64. The maximum atomic E-state index is 6.18. The van der Waals surface area contributed by atoms with Crippen molar-refractivity contribution in [2.45, 2.75) is 44.3 Å². The fraction of sp³-hybridized carbons (Fsp3) is 1.00. The van der Waals surface area contributed by atoms with Crippen molar-refractivity contribution in [3.8, 4) is 0 Å². The van der Waals surface area contributed by atoms with Gasteiger partial charge < -0.3 is 22.1 Å². The van der Waals surface area contributed by atoms with Crippen LogP contribution in [0.15, 0.2) is 0 Å². The zero-order chi connectivity index (χ0) is 10.6. The van der Waals surface area contributed by atoms with Crippen LogP contribution in [0.2, 0.25) is 0 Å². The van der Waals surface area contributed by atoms with Crippen molar-refractivity contribution in [1.29, 1.82) is 0 Å². The number of piperazine rings is 1. The van der Waals surface area contributed by atoms with Crippen LogP contribution in [0, 0.1) is 0 Å². The summed E-state index contributed by atoms with van der Waals surface area (Å²) < 4.78 is 0. The summed E-state index contributed by atoms with van der Waals surface area (Å²) in [5.74, 6) is 0. The van der Waals surface area contributed by atoms with Crippen LogP contribution in [0.5, 0.6) is 0 Å². The molecule has 1 aliphatic rings. The molecule has 4 nitrogen and oxygen atoms in total. The summed E-state index contributed by atoms with van der Waals surface area (Å²) in [5.41, 5.74) is 12.2. The molecule has 0 spiro atoms. The number of nitrogens with one attached hydrogen (secondary N) is 2. The van der Waals surface area contributed by atoms with E-state index in [1.165, 1.54) is 0 Å². The molecule has 1 saturated heterocycles. The molecule has 14 heavy (non-hydrogen) atoms. The van der Waals surface area contributed by atoms with Crippen LogP contribution in [-0.2, 0) is 0 Å². The van der Waals surface area contributed by atoms with Gasteiger partial charge in [-0.1, -0.05) is 13.8 Å². The van der Waals surface area contributed by atoms with Crippen LogP contribution in [0.4, 0.5) is 0 Å². The van der Waals surface area contributed by atoms with Crippen molar-refractivity contribution in [2.24, 2.45) is 11.5 Å². The number of rotatable bonds is 4. The molecule has 6 N–H and O–H groups in total. The van der Waals surface area contributed by atoms with Crippen LogP contribution < -0.4 is 22.1 Å². The average Bonchev–Trinajstić information content (AvgIpc) is 2.27. The summed E-state index contributed by atoms with van der Waals surface area (Å²) in [6, 6.07) is 0.260. The van der Waals surface area contributed by atoms with Crippen molar-refractivity contribution in [3.05, 3.63) is 0 Å². The Hall–Kier alpha value is -0.160. The Bertz CT molecular complexity index is 154. The van der Waals surface area contributed by atoms with Gasteiger partial charge in [-0.25, -0.2) is 0 Å². The Morgan fingerprint density at radius 3 is 2.07 bits per heavy atom. The number of hydrogen-bond donors (Lipinski definition) is 4. The molecule has 1 fully saturated rings. The Morgan fingerprint density at radius 1 is 1.14 bits per heavy atom. The van der Waals surface area contributed by atoms with Gasteiger partial charge in [0.1, 0.15) is 0 Å². The first kappa shape index (κ1) is 11.9. The maximum absolute atomic E-state index is 6.18. The van der Waals surface area contributed by atoms with Crippen LogP contribution >= 0.6 is 0 Å². The van der Waals surface area contributed by atoms with Crippen molar-refractivity contribution >= 4 is 0 Å². The van der Waals surface area contributed by atoms with Gasteiger partial charge >= 0.3 is 0 Å². The third kappa shape index (κ3) is 2.08. The van der Waals surface area contributed by atoms with E-state index in [-0.39, 0.29) is 17.6 Å². The van der Waals surface area contributed by atoms with Crippen LogP contribution in [-0.4, -0.2) is 37.3 Å². The van der Waals surface area contributed by atoms with Crippen molar-refractivity contribution in [3.63, 3.8) is 0 Å². The fourth-order valence-corrected chi connectivity index (χ4v) is 2.27. The molecule has 2 atom stereocenters. The Kier molecular flexibility index (Phi) is 4.31. The average molecular weight is 200 g/mol. The molecule has 1 rings (SSSR count). The van der Waals surface area contributed by atoms with E-state index in [2.05, 4.69) is 24.5 Å². The van der Waals surface area contributed by atoms with Gasteiger partial charge in [-0.3, -0.25) is 0 Å². The largest absolute Gasteiger partial charge is 0.326 e. The van der Waals surface area contributed by atoms with E-state index in [1.807, 2.05) is 0 Å². The van der Waals surface area contributed by atoms with Gasteiger partial charge in [-0.05, 0) is 12.8 Å². The molecule has 0 radical (unpaired) electrons. The molecule has 0 aromatic heterocycles. The van der Waals surface area contributed by atoms with Gasteiger partial charge in [0, 0.05) is 31.7 Å². The zero-order valence-corrected chi connectivity index (χ0v) is 9.34. The van der Waals surface area contributed by atoms with E-state index < -0.39 is 0 Å². The Labute approximate surface area is 86.8 Å². The third-order valence-electron chi connectivity index (χ3n) is 3.38. The fourth-order valence-electron chi connectivity index (χ4n) is 2.27. The van der Waals surface area contributed by atoms with Gasteiger partial charge in [0.15, 0.2) is 0 Å². The molecule has 0 amide bonds. The van der Waals surface area contributed by atoms with Gasteiger partial charge in [0.25, 0.3) is 0 Å². The molecule has 1 aliphatic heterocycles. The minimum atomic E-state index is -0.109. The highest BCUT2D eigenvalue weighted by atomic mass is 15.2. The molecule has 0 aromatic carbocycles. The lowest BCUT2D eigenvalue weighted by Gasteiger charge is -2.46. The van der Waals surface area contributed by atoms with Crippen LogP contribution in [0.1, 0.15) is 26.7 Å². The van der Waals surface area contributed by atoms with Gasteiger partial charge in [-0.2, -0.15) is 0 Å². The van der Waals surface area contributed by atoms with Crippen molar-refractivity contribution in [1.82, 2.24) is 10.6 Å². The Morgan fingerprint density at radius 2 is 1.71 bits per heavy atom. The highest BCUT2D eigenvalue weighted by Gasteiger charge is 2.41. The normalized spacial score (nSPS) is 32.6. The monoisotopic (exact) mass is 200 g/mol. The Balaban J connectivity index is 2.76. The second kappa shape index (κ2) is 5.07. The zero-order valence-electron chi connectivity index (χ0n) is 9.34. The summed E-state index contributed by atoms with van der Waals surface area (Å²) in [6.45, 7) is 7.09. The van der Waals surface area contributed by atoms with E-state index in [1.54, 1.807) is 0 Å². The number of hydrogen-bond acceptors (Lipinski definition) is 4. The van der Waals surface area contributed by atoms with E-state index in [9.17, 15) is 0 Å². The minimum absolute atomic E-state index is 0.109. The van der Waals surface area contributed by atoms with E-state index in [4.69, 9.17) is 11.5 Å². The minimum Gasteiger partial charge on any atom is -0.326 e. The summed E-state index contributed by atoms with van der Waals surface area (Å²) in [5, 5.41) is 6.91. The standard InChI is InChI=1S/C10H24N4/c1-3-8(11)10(9(12)4-2)7-13-5-6-14-10/h8-9,13-14H,3-7,11-12H2,1-2H3. The van der Waals surface area contributed by atoms with Crippen molar-refractivity contribution < 1.29 is 0 Å². The lowest BCUT2D eigenvalue weighted by molar-refractivity contribution is 0.178. The molecule has 0 saturated carbocycles. The highest BCUT2D eigenvalue weighted by Crippen LogP contribution is 2.18. The molecule has 4 heteroatoms. The molecule has 0 bridgehead atoms. The van der Waals surface area contributed by atoms with Gasteiger partial charge in [-0.15, -0.1) is 0 Å². The molecule has 1 heterocycles. The van der Waals surface area contributed by atoms with Crippen LogP contribution in [0.3, 0.4) is 0 Å². The first-order chi connectivity index (χ1) is 6.67. The summed E-state index contributed by atoms with van der Waals surface area (Å²) in [7, 11) is 0. The van der Waals surface area contributed by atoms with Gasteiger partial charge in [0.05, 0.1) is 5.54 Å². The second-order valence-corrected chi connectivity index (χ2v) is 4.17. The van der Waals surface area contributed by atoms with Gasteiger partial charge in [0.2, 0.25) is 0 Å². The summed E-state index contributed by atoms with van der Waals surface area (Å²) >= 11 is 0. The highest BCUT2D eigenvalue weighted by molar-refractivity contribution is 5.07. The predicted octanol–water partition coefficient (Wildman–Crippen LogP) is -0.607. The smallest absolute Gasteiger partial charge is 0.0612 e.